The van der Waals surface area contributed by atoms with Crippen molar-refractivity contribution in [1.82, 2.24) is 0 Å². The Labute approximate surface area is 141 Å². The maximum Gasteiger partial charge on any atom is 0.416 e. The molecule has 3 N–H and O–H groups in total. The third-order valence-corrected chi connectivity index (χ3v) is 3.27. The topological polar surface area (TPSA) is 81.4 Å². The molecule has 0 aliphatic heterocycles. The second kappa shape index (κ2) is 7.25. The first-order valence-corrected chi connectivity index (χ1v) is 7.17. The predicted molar refractivity (Wildman–Crippen MR) is 85.9 cm³/mol. The Kier molecular flexibility index (Phi) is 5.31. The number of esters is 1. The lowest BCUT2D eigenvalue weighted by Gasteiger charge is -2.11. The summed E-state index contributed by atoms with van der Waals surface area (Å²) < 4.78 is 42.5. The summed E-state index contributed by atoms with van der Waals surface area (Å²) in [5.41, 5.74) is 5.42. The quantitative estimate of drug-likeness (QED) is 0.653. The summed E-state index contributed by atoms with van der Waals surface area (Å²) in [6, 6.07) is 9.24. The van der Waals surface area contributed by atoms with E-state index in [9.17, 15) is 22.8 Å². The van der Waals surface area contributed by atoms with Crippen LogP contribution in [-0.4, -0.2) is 18.5 Å². The molecule has 0 spiro atoms. The number of carbonyl (C=O) groups is 2. The van der Waals surface area contributed by atoms with Crippen LogP contribution in [0, 0.1) is 6.92 Å². The maximum absolute atomic E-state index is 12.6. The average Bonchev–Trinajstić information content (AvgIpc) is 2.54. The van der Waals surface area contributed by atoms with Crippen LogP contribution in [-0.2, 0) is 15.7 Å². The molecule has 25 heavy (non-hydrogen) atoms. The molecule has 0 aromatic heterocycles. The van der Waals surface area contributed by atoms with Gasteiger partial charge in [0.05, 0.1) is 11.1 Å². The molecule has 0 bridgehead atoms. The summed E-state index contributed by atoms with van der Waals surface area (Å²) in [5, 5.41) is 2.52. The zero-order chi connectivity index (χ0) is 18.6. The molecule has 2 aromatic carbocycles. The van der Waals surface area contributed by atoms with Gasteiger partial charge in [0.1, 0.15) is 0 Å². The van der Waals surface area contributed by atoms with Gasteiger partial charge in [0, 0.05) is 11.4 Å². The summed E-state index contributed by atoms with van der Waals surface area (Å²) >= 11 is 0. The number of nitrogens with two attached hydrogens (primary N) is 1. The number of halogens is 3. The third-order valence-electron chi connectivity index (χ3n) is 3.27. The average molecular weight is 352 g/mol. The van der Waals surface area contributed by atoms with Crippen LogP contribution in [0.2, 0.25) is 0 Å². The highest BCUT2D eigenvalue weighted by Crippen LogP contribution is 2.31. The van der Waals surface area contributed by atoms with Crippen molar-refractivity contribution in [2.24, 2.45) is 0 Å². The van der Waals surface area contributed by atoms with E-state index in [-0.39, 0.29) is 11.3 Å². The Morgan fingerprint density at radius 1 is 1.12 bits per heavy atom. The van der Waals surface area contributed by atoms with Crippen LogP contribution in [0.4, 0.5) is 24.5 Å². The van der Waals surface area contributed by atoms with E-state index in [1.165, 1.54) is 0 Å². The molecule has 0 fully saturated rings. The fourth-order valence-corrected chi connectivity index (χ4v) is 1.97. The monoisotopic (exact) mass is 352 g/mol. The number of aryl methyl sites for hydroxylation is 1. The second-order valence-corrected chi connectivity index (χ2v) is 5.29. The Morgan fingerprint density at radius 2 is 1.76 bits per heavy atom. The molecule has 2 rings (SSSR count). The van der Waals surface area contributed by atoms with Crippen molar-refractivity contribution < 1.29 is 27.5 Å². The summed E-state index contributed by atoms with van der Waals surface area (Å²) in [6.45, 7) is 1.30. The van der Waals surface area contributed by atoms with E-state index >= 15 is 0 Å². The van der Waals surface area contributed by atoms with Crippen LogP contribution >= 0.6 is 0 Å². The minimum atomic E-state index is -4.57. The van der Waals surface area contributed by atoms with Gasteiger partial charge in [0.2, 0.25) is 0 Å². The number of hydrogen-bond donors (Lipinski definition) is 2. The number of ether oxygens (including phenoxy) is 1. The third kappa shape index (κ3) is 4.97. The Bertz CT molecular complexity index is 787. The molecule has 5 nitrogen and oxygen atoms in total. The molecule has 0 aliphatic rings. The largest absolute Gasteiger partial charge is 0.452 e. The van der Waals surface area contributed by atoms with Crippen LogP contribution in [0.3, 0.4) is 0 Å². The molecule has 0 saturated carbocycles. The molecule has 0 saturated heterocycles. The molecular weight excluding hydrogens is 337 g/mol. The van der Waals surface area contributed by atoms with Gasteiger partial charge in [-0.3, -0.25) is 4.79 Å². The number of rotatable bonds is 4. The van der Waals surface area contributed by atoms with Crippen LogP contribution in [0.25, 0.3) is 0 Å². The van der Waals surface area contributed by atoms with Gasteiger partial charge in [-0.05, 0) is 37.3 Å². The van der Waals surface area contributed by atoms with E-state index in [2.05, 4.69) is 5.32 Å². The highest BCUT2D eigenvalue weighted by atomic mass is 19.4. The van der Waals surface area contributed by atoms with Gasteiger partial charge < -0.3 is 15.8 Å². The van der Waals surface area contributed by atoms with Crippen molar-refractivity contribution in [2.75, 3.05) is 17.7 Å². The first-order valence-electron chi connectivity index (χ1n) is 7.17. The number of nitrogens with one attached hydrogen (secondary N) is 1. The van der Waals surface area contributed by atoms with Crippen molar-refractivity contribution in [2.45, 2.75) is 13.1 Å². The number of hydrogen-bond acceptors (Lipinski definition) is 4. The zero-order valence-corrected chi connectivity index (χ0v) is 13.2. The van der Waals surface area contributed by atoms with Gasteiger partial charge in [0.15, 0.2) is 6.61 Å². The van der Waals surface area contributed by atoms with Crippen LogP contribution in [0.1, 0.15) is 21.5 Å². The molecule has 8 heteroatoms. The highest BCUT2D eigenvalue weighted by molar-refractivity contribution is 5.98. The molecule has 0 radical (unpaired) electrons. The van der Waals surface area contributed by atoms with Crippen LogP contribution < -0.4 is 11.1 Å². The van der Waals surface area contributed by atoms with E-state index in [0.29, 0.717) is 11.8 Å². The second-order valence-electron chi connectivity index (χ2n) is 5.29. The normalized spacial score (nSPS) is 11.0. The van der Waals surface area contributed by atoms with E-state index in [1.807, 2.05) is 6.92 Å². The number of carbonyl (C=O) groups excluding carboxylic acids is 2. The molecule has 1 amide bonds. The predicted octanol–water partition coefficient (Wildman–Crippen LogP) is 3.39. The lowest BCUT2D eigenvalue weighted by atomic mass is 10.1. The molecular formula is C17H15F3N2O3. The molecule has 132 valence electrons. The minimum absolute atomic E-state index is 0.240. The number of alkyl halides is 3. The van der Waals surface area contributed by atoms with Crippen LogP contribution in [0.15, 0.2) is 42.5 Å². The van der Waals surface area contributed by atoms with Crippen molar-refractivity contribution in [3.05, 3.63) is 59.2 Å². The van der Waals surface area contributed by atoms with Gasteiger partial charge in [-0.1, -0.05) is 17.7 Å². The Hall–Kier alpha value is -3.03. The van der Waals surface area contributed by atoms with Gasteiger partial charge in [-0.15, -0.1) is 0 Å². The minimum Gasteiger partial charge on any atom is -0.452 e. The van der Waals surface area contributed by atoms with Gasteiger partial charge in [-0.2, -0.15) is 13.2 Å². The van der Waals surface area contributed by atoms with Gasteiger partial charge in [-0.25, -0.2) is 4.79 Å². The van der Waals surface area contributed by atoms with Crippen LogP contribution in [0.5, 0.6) is 0 Å². The lowest BCUT2D eigenvalue weighted by Crippen LogP contribution is -2.21. The number of amides is 1. The van der Waals surface area contributed by atoms with Crippen molar-refractivity contribution in [3.63, 3.8) is 0 Å². The molecule has 0 atom stereocenters. The van der Waals surface area contributed by atoms with E-state index < -0.39 is 30.2 Å². The smallest absolute Gasteiger partial charge is 0.416 e. The molecule has 0 aliphatic carbocycles. The first kappa shape index (κ1) is 18.3. The molecule has 0 unspecified atom stereocenters. The lowest BCUT2D eigenvalue weighted by molar-refractivity contribution is -0.137. The highest BCUT2D eigenvalue weighted by Gasteiger charge is 2.31. The Balaban J connectivity index is 1.95. The maximum atomic E-state index is 12.6. The Morgan fingerprint density at radius 3 is 2.32 bits per heavy atom. The standard InChI is InChI=1S/C17H15F3N2O3/c1-10-2-5-12(6-3-10)22-15(23)9-25-16(24)13-7-4-11(8-14(13)21)17(18,19)20/h2-8H,9,21H2,1H3,(H,22,23). The number of nitrogen functional groups attached to an aromatic ring is 1. The fourth-order valence-electron chi connectivity index (χ4n) is 1.97. The summed E-state index contributed by atoms with van der Waals surface area (Å²) in [5.74, 6) is -1.56. The van der Waals surface area contributed by atoms with E-state index in [0.717, 1.165) is 17.7 Å². The van der Waals surface area contributed by atoms with Crippen molar-refractivity contribution in [1.29, 1.82) is 0 Å². The molecule has 2 aromatic rings. The first-order chi connectivity index (χ1) is 11.7. The summed E-state index contributed by atoms with van der Waals surface area (Å²) in [7, 11) is 0. The van der Waals surface area contributed by atoms with Crippen molar-refractivity contribution >= 4 is 23.3 Å². The fraction of sp³-hybridized carbons (Fsp3) is 0.176. The van der Waals surface area contributed by atoms with E-state index in [4.69, 9.17) is 10.5 Å². The summed E-state index contributed by atoms with van der Waals surface area (Å²) in [4.78, 5) is 23.6. The number of anilines is 2. The SMILES string of the molecule is Cc1ccc(NC(=O)COC(=O)c2ccc(C(F)(F)F)cc2N)cc1. The number of benzene rings is 2. The van der Waals surface area contributed by atoms with Crippen molar-refractivity contribution in [3.8, 4) is 0 Å². The summed E-state index contributed by atoms with van der Waals surface area (Å²) in [6.07, 6.45) is -4.57. The van der Waals surface area contributed by atoms with Gasteiger partial charge >= 0.3 is 12.1 Å². The molecule has 0 heterocycles. The van der Waals surface area contributed by atoms with E-state index in [1.54, 1.807) is 24.3 Å². The zero-order valence-electron chi connectivity index (χ0n) is 13.2. The van der Waals surface area contributed by atoms with Gasteiger partial charge in [0.25, 0.3) is 5.91 Å².